The van der Waals surface area contributed by atoms with E-state index in [0.717, 1.165) is 43.4 Å². The van der Waals surface area contributed by atoms with Crippen LogP contribution in [0.2, 0.25) is 0 Å². The van der Waals surface area contributed by atoms with Crippen molar-refractivity contribution in [3.05, 3.63) is 77.9 Å². The average molecular weight is 490 g/mol. The molecule has 0 heterocycles. The molecule has 0 atom stereocenters. The highest BCUT2D eigenvalue weighted by Crippen LogP contribution is 2.16. The van der Waals surface area contributed by atoms with E-state index in [0.29, 0.717) is 30.1 Å². The fourth-order valence-corrected chi connectivity index (χ4v) is 3.33. The molecule has 0 bridgehead atoms. The molecule has 0 N–H and O–H groups in total. The summed E-state index contributed by atoms with van der Waals surface area (Å²) in [5, 5.41) is 8.80. The number of rotatable bonds is 16. The van der Waals surface area contributed by atoms with Crippen LogP contribution in [0.4, 0.5) is 0 Å². The van der Waals surface area contributed by atoms with Crippen LogP contribution in [0.5, 0.6) is 11.5 Å². The van der Waals surface area contributed by atoms with Gasteiger partial charge in [0.2, 0.25) is 0 Å². The maximum absolute atomic E-state index is 12.0. The van der Waals surface area contributed by atoms with Gasteiger partial charge in [-0.15, -0.1) is 0 Å². The predicted molar refractivity (Wildman–Crippen MR) is 140 cm³/mol. The lowest BCUT2D eigenvalue weighted by molar-refractivity contribution is -0.139. The summed E-state index contributed by atoms with van der Waals surface area (Å²) in [5.41, 5.74) is 1.83. The van der Waals surface area contributed by atoms with Gasteiger partial charge >= 0.3 is 11.9 Å². The van der Waals surface area contributed by atoms with Gasteiger partial charge < -0.3 is 14.2 Å². The maximum atomic E-state index is 12.0. The first-order valence-corrected chi connectivity index (χ1v) is 12.4. The van der Waals surface area contributed by atoms with E-state index >= 15 is 0 Å². The largest absolute Gasteiger partial charge is 0.494 e. The number of nitrogens with zero attached hydrogens (tertiary/aromatic N) is 1. The fraction of sp³-hybridized carbons (Fsp3) is 0.367. The molecule has 190 valence electrons. The Morgan fingerprint density at radius 3 is 1.97 bits per heavy atom. The van der Waals surface area contributed by atoms with E-state index in [4.69, 9.17) is 19.5 Å². The van der Waals surface area contributed by atoms with Crippen molar-refractivity contribution < 1.29 is 23.8 Å². The minimum absolute atomic E-state index is 0.302. The number of nitriles is 1. The normalized spacial score (nSPS) is 10.6. The van der Waals surface area contributed by atoms with Crippen LogP contribution in [0.25, 0.3) is 6.08 Å². The van der Waals surface area contributed by atoms with Gasteiger partial charge in [0.05, 0.1) is 24.8 Å². The van der Waals surface area contributed by atoms with Crippen LogP contribution in [-0.2, 0) is 14.3 Å². The molecule has 0 saturated carbocycles. The van der Waals surface area contributed by atoms with E-state index in [1.165, 1.54) is 25.3 Å². The maximum Gasteiger partial charge on any atom is 0.336 e. The molecule has 2 rings (SSSR count). The third-order valence-corrected chi connectivity index (χ3v) is 5.38. The molecular weight excluding hydrogens is 454 g/mol. The van der Waals surface area contributed by atoms with Crippen LogP contribution in [0.1, 0.15) is 69.4 Å². The van der Waals surface area contributed by atoms with E-state index in [9.17, 15) is 9.59 Å². The van der Waals surface area contributed by atoms with Crippen LogP contribution in [0.15, 0.2) is 66.8 Å². The zero-order valence-electron chi connectivity index (χ0n) is 21.0. The highest BCUT2D eigenvalue weighted by molar-refractivity contribution is 5.88. The van der Waals surface area contributed by atoms with E-state index in [2.05, 4.69) is 6.58 Å². The summed E-state index contributed by atoms with van der Waals surface area (Å²) in [5.74, 6) is 0.416. The van der Waals surface area contributed by atoms with Crippen molar-refractivity contribution in [2.75, 3.05) is 13.2 Å². The highest BCUT2D eigenvalue weighted by atomic mass is 16.5. The average Bonchev–Trinajstić information content (AvgIpc) is 2.89. The van der Waals surface area contributed by atoms with Gasteiger partial charge in [0.15, 0.2) is 0 Å². The van der Waals surface area contributed by atoms with E-state index < -0.39 is 5.97 Å². The van der Waals surface area contributed by atoms with Gasteiger partial charge in [-0.05, 0) is 67.8 Å². The molecule has 0 radical (unpaired) electrons. The Labute approximate surface area is 214 Å². The van der Waals surface area contributed by atoms with Crippen molar-refractivity contribution in [2.45, 2.75) is 58.3 Å². The molecule has 0 aliphatic heterocycles. The number of esters is 2. The quantitative estimate of drug-likeness (QED) is 0.112. The monoisotopic (exact) mass is 489 g/mol. The van der Waals surface area contributed by atoms with Crippen molar-refractivity contribution in [3.63, 3.8) is 0 Å². The Morgan fingerprint density at radius 2 is 1.39 bits per heavy atom. The second-order valence-electron chi connectivity index (χ2n) is 8.55. The summed E-state index contributed by atoms with van der Waals surface area (Å²) in [7, 11) is 0. The summed E-state index contributed by atoms with van der Waals surface area (Å²) in [6.07, 6.45) is 12.0. The molecule has 0 aromatic heterocycles. The van der Waals surface area contributed by atoms with Crippen molar-refractivity contribution in [3.8, 4) is 17.6 Å². The topological polar surface area (TPSA) is 85.6 Å². The molecule has 36 heavy (non-hydrogen) atoms. The molecule has 0 unspecified atom stereocenters. The van der Waals surface area contributed by atoms with Crippen LogP contribution in [0.3, 0.4) is 0 Å². The van der Waals surface area contributed by atoms with E-state index in [1.54, 1.807) is 37.3 Å². The number of carbonyl (C=O) groups excluding carboxylic acids is 2. The first-order valence-electron chi connectivity index (χ1n) is 12.4. The Balaban J connectivity index is 1.51. The van der Waals surface area contributed by atoms with Gasteiger partial charge in [-0.25, -0.2) is 9.59 Å². The minimum Gasteiger partial charge on any atom is -0.494 e. The SMILES string of the molecule is C=C(C)C(=O)OCCCCCCCCCCOc1ccc(/C=C/C(=O)Oc2ccc(C#N)cc2)cc1. The summed E-state index contributed by atoms with van der Waals surface area (Å²) in [4.78, 5) is 23.2. The van der Waals surface area contributed by atoms with Crippen LogP contribution in [0, 0.1) is 11.3 Å². The van der Waals surface area contributed by atoms with E-state index in [-0.39, 0.29) is 5.97 Å². The molecule has 0 aliphatic rings. The molecule has 0 aliphatic carbocycles. The Bertz CT molecular complexity index is 1030. The standard InChI is InChI=1S/C30H35NO5/c1-24(2)30(33)35-22-10-8-6-4-3-5-7-9-21-34-27-16-11-25(12-17-27)15-20-29(32)36-28-18-13-26(23-31)14-19-28/h11-20H,1,3-10,21-22H2,2H3/b20-15+. The smallest absolute Gasteiger partial charge is 0.336 e. The second kappa shape index (κ2) is 16.7. The summed E-state index contributed by atoms with van der Waals surface area (Å²) < 4.78 is 16.1. The molecule has 6 nitrogen and oxygen atoms in total. The van der Waals surface area contributed by atoms with Crippen molar-refractivity contribution in [1.29, 1.82) is 5.26 Å². The number of benzene rings is 2. The summed E-state index contributed by atoms with van der Waals surface area (Å²) in [6, 6.07) is 16.0. The van der Waals surface area contributed by atoms with Crippen molar-refractivity contribution in [2.24, 2.45) is 0 Å². The van der Waals surface area contributed by atoms with Gasteiger partial charge in [0.1, 0.15) is 11.5 Å². The Morgan fingerprint density at radius 1 is 0.833 bits per heavy atom. The van der Waals surface area contributed by atoms with Crippen LogP contribution < -0.4 is 9.47 Å². The number of hydrogen-bond donors (Lipinski definition) is 0. The molecule has 2 aromatic carbocycles. The zero-order chi connectivity index (χ0) is 26.0. The van der Waals surface area contributed by atoms with Crippen LogP contribution in [-0.4, -0.2) is 25.2 Å². The molecule has 0 saturated heterocycles. The highest BCUT2D eigenvalue weighted by Gasteiger charge is 2.03. The number of carbonyl (C=O) groups is 2. The van der Waals surface area contributed by atoms with Gasteiger partial charge in [-0.2, -0.15) is 5.26 Å². The number of hydrogen-bond acceptors (Lipinski definition) is 6. The van der Waals surface area contributed by atoms with Crippen molar-refractivity contribution in [1.82, 2.24) is 0 Å². The van der Waals surface area contributed by atoms with Crippen molar-refractivity contribution >= 4 is 18.0 Å². The minimum atomic E-state index is -0.482. The third kappa shape index (κ3) is 12.0. The molecule has 6 heteroatoms. The van der Waals surface area contributed by atoms with Gasteiger partial charge in [-0.1, -0.05) is 57.2 Å². The lowest BCUT2D eigenvalue weighted by atomic mass is 10.1. The van der Waals surface area contributed by atoms with Gasteiger partial charge in [0, 0.05) is 11.6 Å². The number of unbranched alkanes of at least 4 members (excludes halogenated alkanes) is 7. The zero-order valence-corrected chi connectivity index (χ0v) is 21.0. The third-order valence-electron chi connectivity index (χ3n) is 5.38. The molecule has 2 aromatic rings. The lowest BCUT2D eigenvalue weighted by Gasteiger charge is -2.07. The van der Waals surface area contributed by atoms with E-state index in [1.807, 2.05) is 30.3 Å². The first-order chi connectivity index (χ1) is 17.5. The Hall–Kier alpha value is -3.85. The molecule has 0 amide bonds. The molecular formula is C30H35NO5. The molecule has 0 fully saturated rings. The second-order valence-corrected chi connectivity index (χ2v) is 8.55. The Kier molecular flexibility index (Phi) is 13.2. The van der Waals surface area contributed by atoms with Crippen LogP contribution >= 0.6 is 0 Å². The summed E-state index contributed by atoms with van der Waals surface area (Å²) in [6.45, 7) is 6.38. The summed E-state index contributed by atoms with van der Waals surface area (Å²) >= 11 is 0. The predicted octanol–water partition coefficient (Wildman–Crippen LogP) is 6.80. The fourth-order valence-electron chi connectivity index (χ4n) is 3.33. The lowest BCUT2D eigenvalue weighted by Crippen LogP contribution is -2.05. The first kappa shape index (κ1) is 28.4. The molecule has 0 spiro atoms. The van der Waals surface area contributed by atoms with Gasteiger partial charge in [0.25, 0.3) is 0 Å². The number of ether oxygens (including phenoxy) is 3. The van der Waals surface area contributed by atoms with Gasteiger partial charge in [-0.3, -0.25) is 0 Å².